The first kappa shape index (κ1) is 9.58. The van der Waals surface area contributed by atoms with Crippen molar-refractivity contribution in [3.63, 3.8) is 0 Å². The Labute approximate surface area is 89.4 Å². The SMILES string of the molecule is C=CCOC1C23CC(O)C12C3OCC=C. The molecule has 0 spiro atoms. The van der Waals surface area contributed by atoms with Crippen LogP contribution in [0.1, 0.15) is 6.42 Å². The average molecular weight is 208 g/mol. The third-order valence-electron chi connectivity index (χ3n) is 4.29. The summed E-state index contributed by atoms with van der Waals surface area (Å²) in [7, 11) is 0. The van der Waals surface area contributed by atoms with Crippen LogP contribution >= 0.6 is 0 Å². The summed E-state index contributed by atoms with van der Waals surface area (Å²) in [5.74, 6) is 0. The molecule has 3 heteroatoms. The van der Waals surface area contributed by atoms with Crippen LogP contribution in [0.15, 0.2) is 25.3 Å². The van der Waals surface area contributed by atoms with Gasteiger partial charge in [0.15, 0.2) is 0 Å². The van der Waals surface area contributed by atoms with Gasteiger partial charge in [0.25, 0.3) is 0 Å². The van der Waals surface area contributed by atoms with Crippen molar-refractivity contribution >= 4 is 0 Å². The van der Waals surface area contributed by atoms with Crippen molar-refractivity contribution in [1.29, 1.82) is 0 Å². The molecule has 0 bridgehead atoms. The molecule has 15 heavy (non-hydrogen) atoms. The quantitative estimate of drug-likeness (QED) is 0.659. The van der Waals surface area contributed by atoms with Crippen molar-refractivity contribution < 1.29 is 14.6 Å². The molecule has 0 aromatic rings. The van der Waals surface area contributed by atoms with Gasteiger partial charge in [0.2, 0.25) is 0 Å². The Morgan fingerprint density at radius 2 is 1.73 bits per heavy atom. The summed E-state index contributed by atoms with van der Waals surface area (Å²) in [6, 6.07) is 0. The van der Waals surface area contributed by atoms with Gasteiger partial charge < -0.3 is 14.6 Å². The molecule has 3 nitrogen and oxygen atoms in total. The van der Waals surface area contributed by atoms with Gasteiger partial charge in [-0.25, -0.2) is 0 Å². The minimum Gasteiger partial charge on any atom is -0.392 e. The number of hydrogen-bond donors (Lipinski definition) is 1. The van der Waals surface area contributed by atoms with Gasteiger partial charge in [-0.1, -0.05) is 12.2 Å². The lowest BCUT2D eigenvalue weighted by Crippen LogP contribution is -2.27. The van der Waals surface area contributed by atoms with Gasteiger partial charge in [-0.3, -0.25) is 0 Å². The van der Waals surface area contributed by atoms with Crippen LogP contribution < -0.4 is 0 Å². The Bertz CT molecular complexity index is 303. The summed E-state index contributed by atoms with van der Waals surface area (Å²) in [6.07, 6.45) is 4.49. The van der Waals surface area contributed by atoms with Gasteiger partial charge in [0.1, 0.15) is 0 Å². The van der Waals surface area contributed by atoms with E-state index < -0.39 is 0 Å². The smallest absolute Gasteiger partial charge is 0.0783 e. The topological polar surface area (TPSA) is 38.7 Å². The third kappa shape index (κ3) is 0.769. The molecule has 3 aliphatic rings. The predicted molar refractivity (Wildman–Crippen MR) is 55.4 cm³/mol. The van der Waals surface area contributed by atoms with E-state index in [0.29, 0.717) is 13.2 Å². The molecule has 3 rings (SSSR count). The molecule has 0 heterocycles. The zero-order chi connectivity index (χ0) is 10.7. The van der Waals surface area contributed by atoms with Gasteiger partial charge in [0, 0.05) is 5.41 Å². The molecule has 0 saturated heterocycles. The fourth-order valence-electron chi connectivity index (χ4n) is 3.62. The maximum atomic E-state index is 9.78. The molecule has 0 aromatic carbocycles. The number of aliphatic hydroxyl groups excluding tert-OH is 1. The van der Waals surface area contributed by atoms with Crippen molar-refractivity contribution in [2.75, 3.05) is 13.2 Å². The van der Waals surface area contributed by atoms with Gasteiger partial charge in [0.05, 0.1) is 36.9 Å². The number of ether oxygens (including phenoxy) is 2. The molecule has 3 fully saturated rings. The number of hydrogen-bond acceptors (Lipinski definition) is 3. The molecule has 3 saturated carbocycles. The molecule has 0 amide bonds. The van der Waals surface area contributed by atoms with Gasteiger partial charge in [-0.2, -0.15) is 0 Å². The Balaban J connectivity index is 1.62. The van der Waals surface area contributed by atoms with E-state index in [4.69, 9.17) is 9.47 Å². The van der Waals surface area contributed by atoms with E-state index >= 15 is 0 Å². The van der Waals surface area contributed by atoms with E-state index in [-0.39, 0.29) is 29.1 Å². The number of rotatable bonds is 6. The Kier molecular flexibility index (Phi) is 1.74. The highest BCUT2D eigenvalue weighted by Crippen LogP contribution is 2.97. The average Bonchev–Trinajstić information content (AvgIpc) is 2.92. The van der Waals surface area contributed by atoms with Crippen LogP contribution in [0.25, 0.3) is 0 Å². The van der Waals surface area contributed by atoms with E-state index in [1.54, 1.807) is 12.2 Å². The van der Waals surface area contributed by atoms with E-state index in [1.165, 1.54) is 0 Å². The summed E-state index contributed by atoms with van der Waals surface area (Å²) < 4.78 is 11.3. The molecule has 3 unspecified atom stereocenters. The normalized spacial score (nSPS) is 53.5. The lowest BCUT2D eigenvalue weighted by Gasteiger charge is -2.17. The zero-order valence-electron chi connectivity index (χ0n) is 8.69. The van der Waals surface area contributed by atoms with Crippen LogP contribution in [-0.2, 0) is 9.47 Å². The van der Waals surface area contributed by atoms with Gasteiger partial charge in [-0.15, -0.1) is 13.2 Å². The fraction of sp³-hybridized carbons (Fsp3) is 0.667. The highest BCUT2D eigenvalue weighted by atomic mass is 16.5. The first-order chi connectivity index (χ1) is 7.26. The Morgan fingerprint density at radius 1 is 1.20 bits per heavy atom. The molecule has 0 aliphatic heterocycles. The second-order valence-corrected chi connectivity index (χ2v) is 4.70. The molecular formula is C12H16O3. The summed E-state index contributed by atoms with van der Waals surface area (Å²) in [5, 5.41) is 9.78. The second-order valence-electron chi connectivity index (χ2n) is 4.70. The summed E-state index contributed by atoms with van der Waals surface area (Å²) >= 11 is 0. The van der Waals surface area contributed by atoms with Crippen molar-refractivity contribution in [2.24, 2.45) is 10.8 Å². The van der Waals surface area contributed by atoms with Crippen LogP contribution in [0.4, 0.5) is 0 Å². The lowest BCUT2D eigenvalue weighted by atomic mass is 9.97. The molecule has 1 N–H and O–H groups in total. The van der Waals surface area contributed by atoms with Crippen LogP contribution in [0.3, 0.4) is 0 Å². The summed E-state index contributed by atoms with van der Waals surface area (Å²) in [5.41, 5.74) is 0.0947. The second kappa shape index (κ2) is 2.73. The minimum atomic E-state index is -0.234. The Morgan fingerprint density at radius 3 is 2.00 bits per heavy atom. The van der Waals surface area contributed by atoms with E-state index in [0.717, 1.165) is 6.42 Å². The largest absolute Gasteiger partial charge is 0.392 e. The monoisotopic (exact) mass is 208 g/mol. The van der Waals surface area contributed by atoms with E-state index in [2.05, 4.69) is 13.2 Å². The van der Waals surface area contributed by atoms with Crippen molar-refractivity contribution in [1.82, 2.24) is 0 Å². The van der Waals surface area contributed by atoms with Gasteiger partial charge in [-0.05, 0) is 6.42 Å². The molecule has 3 aliphatic carbocycles. The lowest BCUT2D eigenvalue weighted by molar-refractivity contribution is -0.0171. The zero-order valence-corrected chi connectivity index (χ0v) is 8.69. The first-order valence-electron chi connectivity index (χ1n) is 5.40. The van der Waals surface area contributed by atoms with Crippen LogP contribution in [-0.4, -0.2) is 36.6 Å². The van der Waals surface area contributed by atoms with Crippen molar-refractivity contribution in [3.05, 3.63) is 25.3 Å². The van der Waals surface area contributed by atoms with Gasteiger partial charge >= 0.3 is 0 Å². The maximum Gasteiger partial charge on any atom is 0.0783 e. The van der Waals surface area contributed by atoms with Crippen LogP contribution in [0.2, 0.25) is 0 Å². The maximum absolute atomic E-state index is 9.78. The molecule has 0 radical (unpaired) electrons. The van der Waals surface area contributed by atoms with E-state index in [1.807, 2.05) is 0 Å². The number of aliphatic hydroxyl groups is 1. The molecule has 82 valence electrons. The standard InChI is InChI=1S/C12H16O3/c1-3-5-14-9-11-7-8(13)12(9,11)10(11)15-6-4-2/h3-4,8-10,13H,1-2,5-7H2. The van der Waals surface area contributed by atoms with E-state index in [9.17, 15) is 5.11 Å². The predicted octanol–water partition coefficient (Wildman–Crippen LogP) is 0.893. The molecule has 0 aromatic heterocycles. The summed E-state index contributed by atoms with van der Waals surface area (Å²) in [6.45, 7) is 8.37. The minimum absolute atomic E-state index is 0.0565. The Hall–Kier alpha value is -0.640. The highest BCUT2D eigenvalue weighted by molar-refractivity contribution is 5.55. The van der Waals surface area contributed by atoms with Crippen molar-refractivity contribution in [3.8, 4) is 0 Å². The van der Waals surface area contributed by atoms with Crippen LogP contribution in [0, 0.1) is 10.8 Å². The molecule has 3 atom stereocenters. The first-order valence-corrected chi connectivity index (χ1v) is 5.40. The van der Waals surface area contributed by atoms with Crippen LogP contribution in [0.5, 0.6) is 0 Å². The fourth-order valence-corrected chi connectivity index (χ4v) is 3.62. The molecular weight excluding hydrogens is 192 g/mol. The summed E-state index contributed by atoms with van der Waals surface area (Å²) in [4.78, 5) is 0. The van der Waals surface area contributed by atoms with Crippen molar-refractivity contribution in [2.45, 2.75) is 24.7 Å². The highest BCUT2D eigenvalue weighted by Gasteiger charge is 3.08. The third-order valence-corrected chi connectivity index (χ3v) is 4.29.